The van der Waals surface area contributed by atoms with E-state index in [0.717, 1.165) is 18.6 Å². The summed E-state index contributed by atoms with van der Waals surface area (Å²) in [7, 11) is 0. The topological polar surface area (TPSA) is 51.5 Å². The predicted octanol–water partition coefficient (Wildman–Crippen LogP) is 3.27. The number of carbonyl (C=O) groups is 1. The van der Waals surface area contributed by atoms with Crippen molar-refractivity contribution >= 4 is 5.97 Å². The zero-order valence-corrected chi connectivity index (χ0v) is 12.0. The highest BCUT2D eigenvalue weighted by atomic mass is 16.5. The van der Waals surface area contributed by atoms with Gasteiger partial charge in [-0.2, -0.15) is 0 Å². The van der Waals surface area contributed by atoms with Crippen LogP contribution in [0.2, 0.25) is 0 Å². The SMILES string of the molecule is CCCCCCOC(=O)C(CC)NCc1ccco1. The second-order valence-electron chi connectivity index (χ2n) is 4.65. The summed E-state index contributed by atoms with van der Waals surface area (Å²) in [5, 5.41) is 3.16. The number of carbonyl (C=O) groups excluding carboxylic acids is 1. The summed E-state index contributed by atoms with van der Waals surface area (Å²) >= 11 is 0. The summed E-state index contributed by atoms with van der Waals surface area (Å²) in [6, 6.07) is 3.47. The Labute approximate surface area is 115 Å². The zero-order chi connectivity index (χ0) is 13.9. The fourth-order valence-electron chi connectivity index (χ4n) is 1.83. The molecule has 0 saturated heterocycles. The van der Waals surface area contributed by atoms with Crippen LogP contribution in [0.25, 0.3) is 0 Å². The van der Waals surface area contributed by atoms with Gasteiger partial charge >= 0.3 is 5.97 Å². The highest BCUT2D eigenvalue weighted by Gasteiger charge is 2.17. The number of hydrogen-bond donors (Lipinski definition) is 1. The van der Waals surface area contributed by atoms with Crippen LogP contribution in [0.5, 0.6) is 0 Å². The van der Waals surface area contributed by atoms with Gasteiger partial charge in [-0.1, -0.05) is 33.1 Å². The lowest BCUT2D eigenvalue weighted by molar-refractivity contribution is -0.146. The molecule has 4 nitrogen and oxygen atoms in total. The predicted molar refractivity (Wildman–Crippen MR) is 74.7 cm³/mol. The summed E-state index contributed by atoms with van der Waals surface area (Å²) < 4.78 is 10.5. The lowest BCUT2D eigenvalue weighted by atomic mass is 10.2. The normalized spacial score (nSPS) is 12.3. The van der Waals surface area contributed by atoms with E-state index in [9.17, 15) is 4.79 Å². The Morgan fingerprint density at radius 2 is 2.21 bits per heavy atom. The van der Waals surface area contributed by atoms with Crippen molar-refractivity contribution in [1.29, 1.82) is 0 Å². The van der Waals surface area contributed by atoms with Gasteiger partial charge in [-0.15, -0.1) is 0 Å². The molecule has 1 aromatic rings. The van der Waals surface area contributed by atoms with Gasteiger partial charge in [-0.25, -0.2) is 0 Å². The molecule has 0 aliphatic carbocycles. The van der Waals surface area contributed by atoms with E-state index < -0.39 is 0 Å². The monoisotopic (exact) mass is 267 g/mol. The average Bonchev–Trinajstić information content (AvgIpc) is 2.92. The maximum Gasteiger partial charge on any atom is 0.323 e. The Morgan fingerprint density at radius 1 is 1.37 bits per heavy atom. The number of rotatable bonds is 10. The zero-order valence-electron chi connectivity index (χ0n) is 12.0. The Kier molecular flexibility index (Phi) is 7.98. The molecule has 1 atom stereocenters. The van der Waals surface area contributed by atoms with Crippen molar-refractivity contribution < 1.29 is 13.9 Å². The van der Waals surface area contributed by atoms with Gasteiger partial charge in [0.2, 0.25) is 0 Å². The number of ether oxygens (including phenoxy) is 1. The number of hydrogen-bond acceptors (Lipinski definition) is 4. The molecule has 108 valence electrons. The van der Waals surface area contributed by atoms with Crippen molar-refractivity contribution in [3.8, 4) is 0 Å². The van der Waals surface area contributed by atoms with Crippen molar-refractivity contribution in [1.82, 2.24) is 5.32 Å². The third-order valence-electron chi connectivity index (χ3n) is 3.04. The van der Waals surface area contributed by atoms with E-state index in [1.807, 2.05) is 19.1 Å². The Bertz CT molecular complexity index is 335. The van der Waals surface area contributed by atoms with Crippen molar-refractivity contribution in [3.63, 3.8) is 0 Å². The molecule has 19 heavy (non-hydrogen) atoms. The van der Waals surface area contributed by atoms with Crippen LogP contribution in [-0.2, 0) is 16.1 Å². The first-order valence-electron chi connectivity index (χ1n) is 7.20. The first-order chi connectivity index (χ1) is 9.27. The first kappa shape index (κ1) is 15.8. The molecule has 0 saturated carbocycles. The van der Waals surface area contributed by atoms with Gasteiger partial charge in [0.15, 0.2) is 0 Å². The Morgan fingerprint density at radius 3 is 2.84 bits per heavy atom. The molecule has 0 aliphatic heterocycles. The van der Waals surface area contributed by atoms with Gasteiger partial charge in [-0.3, -0.25) is 10.1 Å². The first-order valence-corrected chi connectivity index (χ1v) is 7.20. The molecular formula is C15H25NO3. The van der Waals surface area contributed by atoms with E-state index in [1.165, 1.54) is 12.8 Å². The standard InChI is InChI=1S/C15H25NO3/c1-3-5-6-7-10-19-15(17)14(4-2)16-12-13-9-8-11-18-13/h8-9,11,14,16H,3-7,10,12H2,1-2H3. The summed E-state index contributed by atoms with van der Waals surface area (Å²) in [6.07, 6.45) is 6.81. The van der Waals surface area contributed by atoms with Crippen molar-refractivity contribution in [3.05, 3.63) is 24.2 Å². The van der Waals surface area contributed by atoms with E-state index in [2.05, 4.69) is 12.2 Å². The molecule has 1 aromatic heterocycles. The van der Waals surface area contributed by atoms with Crippen LogP contribution in [0.15, 0.2) is 22.8 Å². The highest BCUT2D eigenvalue weighted by Crippen LogP contribution is 2.04. The Hall–Kier alpha value is -1.29. The van der Waals surface area contributed by atoms with Crippen LogP contribution < -0.4 is 5.32 Å². The lowest BCUT2D eigenvalue weighted by Gasteiger charge is -2.15. The van der Waals surface area contributed by atoms with Crippen LogP contribution in [0.1, 0.15) is 51.7 Å². The van der Waals surface area contributed by atoms with Crippen molar-refractivity contribution in [2.45, 2.75) is 58.5 Å². The van der Waals surface area contributed by atoms with Crippen LogP contribution in [0, 0.1) is 0 Å². The van der Waals surface area contributed by atoms with E-state index in [-0.39, 0.29) is 12.0 Å². The van der Waals surface area contributed by atoms with Crippen molar-refractivity contribution in [2.75, 3.05) is 6.61 Å². The van der Waals surface area contributed by atoms with Gasteiger partial charge in [0, 0.05) is 0 Å². The number of furan rings is 1. The third-order valence-corrected chi connectivity index (χ3v) is 3.04. The van der Waals surface area contributed by atoms with Gasteiger partial charge in [0.25, 0.3) is 0 Å². The van der Waals surface area contributed by atoms with Gasteiger partial charge in [0.05, 0.1) is 19.4 Å². The fraction of sp³-hybridized carbons (Fsp3) is 0.667. The minimum absolute atomic E-state index is 0.162. The molecule has 1 unspecified atom stereocenters. The molecule has 0 spiro atoms. The molecule has 4 heteroatoms. The fourth-order valence-corrected chi connectivity index (χ4v) is 1.83. The van der Waals surface area contributed by atoms with Crippen LogP contribution in [-0.4, -0.2) is 18.6 Å². The van der Waals surface area contributed by atoms with Crippen molar-refractivity contribution in [2.24, 2.45) is 0 Å². The largest absolute Gasteiger partial charge is 0.468 e. The van der Waals surface area contributed by atoms with E-state index >= 15 is 0 Å². The van der Waals surface area contributed by atoms with Gasteiger partial charge < -0.3 is 9.15 Å². The van der Waals surface area contributed by atoms with Crippen LogP contribution >= 0.6 is 0 Å². The van der Waals surface area contributed by atoms with Gasteiger partial charge in [0.1, 0.15) is 11.8 Å². The molecule has 1 rings (SSSR count). The maximum absolute atomic E-state index is 11.9. The molecule has 1 N–H and O–H groups in total. The quantitative estimate of drug-likeness (QED) is 0.522. The van der Waals surface area contributed by atoms with E-state index in [1.54, 1.807) is 6.26 Å². The maximum atomic E-state index is 11.9. The summed E-state index contributed by atoms with van der Waals surface area (Å²) in [6.45, 7) is 5.21. The van der Waals surface area contributed by atoms with E-state index in [4.69, 9.17) is 9.15 Å². The molecule has 0 bridgehead atoms. The number of unbranched alkanes of at least 4 members (excludes halogenated alkanes) is 3. The molecule has 0 aliphatic rings. The molecule has 0 amide bonds. The summed E-state index contributed by atoms with van der Waals surface area (Å²) in [4.78, 5) is 11.9. The molecule has 1 heterocycles. The summed E-state index contributed by atoms with van der Waals surface area (Å²) in [5.41, 5.74) is 0. The minimum Gasteiger partial charge on any atom is -0.468 e. The molecule has 0 radical (unpaired) electrons. The van der Waals surface area contributed by atoms with E-state index in [0.29, 0.717) is 19.6 Å². The molecule has 0 fully saturated rings. The highest BCUT2D eigenvalue weighted by molar-refractivity contribution is 5.75. The second-order valence-corrected chi connectivity index (χ2v) is 4.65. The Balaban J connectivity index is 2.19. The second kappa shape index (κ2) is 9.62. The minimum atomic E-state index is -0.253. The summed E-state index contributed by atoms with van der Waals surface area (Å²) in [5.74, 6) is 0.666. The average molecular weight is 267 g/mol. The number of esters is 1. The molecule has 0 aromatic carbocycles. The van der Waals surface area contributed by atoms with Crippen LogP contribution in [0.3, 0.4) is 0 Å². The third kappa shape index (κ3) is 6.43. The smallest absolute Gasteiger partial charge is 0.323 e. The van der Waals surface area contributed by atoms with Crippen LogP contribution in [0.4, 0.5) is 0 Å². The number of nitrogens with one attached hydrogen (secondary N) is 1. The van der Waals surface area contributed by atoms with Gasteiger partial charge in [-0.05, 0) is 25.0 Å². The lowest BCUT2D eigenvalue weighted by Crippen LogP contribution is -2.37. The molecular weight excluding hydrogens is 242 g/mol.